The van der Waals surface area contributed by atoms with Gasteiger partial charge in [-0.05, 0) is 201 Å². The highest BCUT2D eigenvalue weighted by atomic mass is 35.5. The second-order valence-electron chi connectivity index (χ2n) is 33.4. The smallest absolute Gasteiger partial charge is 0.139 e. The summed E-state index contributed by atoms with van der Waals surface area (Å²) in [4.78, 5) is 15.9. The molecule has 124 heavy (non-hydrogen) atoms. The third kappa shape index (κ3) is 25.2. The van der Waals surface area contributed by atoms with Crippen LogP contribution in [0.4, 0.5) is 30.5 Å². The minimum absolute atomic E-state index is 0.146. The molecule has 2 saturated heterocycles. The van der Waals surface area contributed by atoms with Crippen molar-refractivity contribution < 1.29 is 17.9 Å². The van der Waals surface area contributed by atoms with E-state index in [9.17, 15) is 13.2 Å². The number of pyridine rings is 3. The molecule has 0 radical (unpaired) electrons. The van der Waals surface area contributed by atoms with Gasteiger partial charge in [0.2, 0.25) is 0 Å². The van der Waals surface area contributed by atoms with Gasteiger partial charge in [-0.3, -0.25) is 0 Å². The summed E-state index contributed by atoms with van der Waals surface area (Å²) < 4.78 is 45.4. The van der Waals surface area contributed by atoms with E-state index < -0.39 is 15.8 Å². The second-order valence-corrected chi connectivity index (χ2v) is 39.0. The van der Waals surface area contributed by atoms with Crippen LogP contribution in [0.1, 0.15) is 109 Å². The van der Waals surface area contributed by atoms with Crippen molar-refractivity contribution in [3.63, 3.8) is 0 Å². The summed E-state index contributed by atoms with van der Waals surface area (Å²) in [7, 11) is -1.65. The molecule has 6 heterocycles. The van der Waals surface area contributed by atoms with E-state index in [2.05, 4.69) is 279 Å². The maximum Gasteiger partial charge on any atom is 0.139 e. The predicted octanol–water partition coefficient (Wildman–Crippen LogP) is 23.6. The molecule has 0 bridgehead atoms. The van der Waals surface area contributed by atoms with Crippen LogP contribution in [0.25, 0.3) is 32.7 Å². The number of para-hydroxylation sites is 5. The van der Waals surface area contributed by atoms with E-state index in [1.807, 2.05) is 54.6 Å². The number of hydrogen-bond donors (Lipinski definition) is 6. The van der Waals surface area contributed by atoms with Crippen LogP contribution in [0.5, 0.6) is 11.5 Å². The van der Waals surface area contributed by atoms with Crippen molar-refractivity contribution >= 4 is 133 Å². The van der Waals surface area contributed by atoms with Crippen LogP contribution in [0.15, 0.2) is 322 Å². The number of benzene rings is 12. The molecular weight excluding hydrogens is 1640 g/mol. The molecule has 3 aliphatic heterocycles. The van der Waals surface area contributed by atoms with Crippen LogP contribution in [-0.2, 0) is 25.0 Å². The quantitative estimate of drug-likeness (QED) is 0.0407. The summed E-state index contributed by atoms with van der Waals surface area (Å²) in [6.45, 7) is 24.1. The topological polar surface area (TPSA) is 137 Å². The Morgan fingerprint density at radius 1 is 0.419 bits per heavy atom. The number of ether oxygens (including phenoxy) is 1. The Labute approximate surface area is 746 Å². The summed E-state index contributed by atoms with van der Waals surface area (Å²) in [5.41, 5.74) is 14.8. The molecule has 12 aromatic carbocycles. The van der Waals surface area contributed by atoms with Crippen LogP contribution in [0.2, 0.25) is 15.2 Å². The van der Waals surface area contributed by atoms with Crippen LogP contribution >= 0.6 is 50.6 Å². The van der Waals surface area contributed by atoms with Gasteiger partial charge in [-0.2, -0.15) is 0 Å². The number of fused-ring (bicyclic) bond motifs is 5. The summed E-state index contributed by atoms with van der Waals surface area (Å²) in [5, 5.41) is 29.9. The van der Waals surface area contributed by atoms with Gasteiger partial charge in [0.25, 0.3) is 0 Å². The maximum atomic E-state index is 13.2. The van der Waals surface area contributed by atoms with E-state index in [0.717, 1.165) is 93.3 Å². The highest BCUT2D eigenvalue weighted by molar-refractivity contribution is 7.80. The van der Waals surface area contributed by atoms with Crippen LogP contribution in [-0.4, -0.2) is 64.3 Å². The van der Waals surface area contributed by atoms with Gasteiger partial charge in [0.15, 0.2) is 0 Å². The average Bonchev–Trinajstić information content (AvgIpc) is 0.722. The van der Waals surface area contributed by atoms with Crippen molar-refractivity contribution in [3.8, 4) is 11.5 Å². The van der Waals surface area contributed by atoms with E-state index >= 15 is 0 Å². The van der Waals surface area contributed by atoms with Crippen LogP contribution in [0.3, 0.4) is 0 Å². The lowest BCUT2D eigenvalue weighted by atomic mass is 9.76. The highest BCUT2D eigenvalue weighted by Crippen LogP contribution is 2.52. The maximum absolute atomic E-state index is 13.2. The molecule has 0 unspecified atom stereocenters. The highest BCUT2D eigenvalue weighted by Gasteiger charge is 2.40. The van der Waals surface area contributed by atoms with E-state index in [-0.39, 0.29) is 33.9 Å². The molecule has 3 aromatic heterocycles. The Kier molecular flexibility index (Phi) is 31.9. The fraction of sp³-hybridized carbons (Fsp3) is 0.229. The first kappa shape index (κ1) is 91.1. The van der Waals surface area contributed by atoms with E-state index in [4.69, 9.17) is 50.3 Å². The fourth-order valence-corrected chi connectivity index (χ4v) is 21.1. The molecule has 18 rings (SSSR count). The molecule has 0 amide bonds. The Bertz CT molecular complexity index is 5710. The Morgan fingerprint density at radius 2 is 0.774 bits per heavy atom. The van der Waals surface area contributed by atoms with Crippen molar-refractivity contribution in [1.82, 2.24) is 30.9 Å². The number of halogens is 6. The first-order chi connectivity index (χ1) is 59.9. The van der Waals surface area contributed by atoms with Gasteiger partial charge in [0.05, 0.1) is 26.6 Å². The number of hydrogen-bond acceptors (Lipinski definition) is 11. The van der Waals surface area contributed by atoms with Gasteiger partial charge in [-0.15, -0.1) is 0 Å². The summed E-state index contributed by atoms with van der Waals surface area (Å²) >= 11 is 17.9. The molecule has 636 valence electrons. The van der Waals surface area contributed by atoms with E-state index in [1.54, 1.807) is 48.5 Å². The molecule has 3 aliphatic rings. The summed E-state index contributed by atoms with van der Waals surface area (Å²) in [5.74, 6) is 2.91. The molecule has 0 aliphatic carbocycles. The molecule has 0 atom stereocenters. The first-order valence-electron chi connectivity index (χ1n) is 42.2. The average molecular weight is 1750 g/mol. The van der Waals surface area contributed by atoms with Crippen molar-refractivity contribution in [1.29, 1.82) is 0 Å². The minimum Gasteiger partial charge on any atom is -0.455 e. The standard InChI is InChI=1S/C39H32OP2.C25H31FN4.C16H12ClFN2.C9H5Cl2N.C9H20N2.C7H8FN/c1-39(2)33-25-15-27-35(41(29-17-7-3-8-18-29)30-19-9-4-10-20-30)37(33)40-38-34(39)26-16-28-36(38)42(31-21-11-5-12-22-31)32-23-13-6-14-24-32;1-25(2,3)29-20-12-14-30(15-13-20)23-16-24(28-22-7-5-4-6-21(22)23)27-17-18-8-10-19(26)11-9-18;17-14-9-16(20-15-4-2-1-3-13(14)15)19-10-11-5-7-12(18)8-6-11;10-7-5-9(11)12-8-4-2-1-3-6(7)8;1-9(2,3)11-8-4-6-10-7-5-8;8-7-3-1-6(5-9)2-4-7/h3-28H,1-2H3;4-11,16,20,29H,12-15,17H2,1-3H3,(H,27,28);1-9H,10H2,(H,19,20);1-5H;8,10-11H,4-7H2,1-3H3;1-4H,5,9H2. The van der Waals surface area contributed by atoms with E-state index in [0.29, 0.717) is 46.7 Å². The zero-order chi connectivity index (χ0) is 87.2. The third-order valence-corrected chi connectivity index (χ3v) is 27.2. The lowest BCUT2D eigenvalue weighted by molar-refractivity contribution is 0.304. The first-order valence-corrected chi connectivity index (χ1v) is 46.1. The molecule has 0 spiro atoms. The number of aromatic nitrogens is 3. The molecule has 11 nitrogen and oxygen atoms in total. The Balaban J connectivity index is 0.000000140. The van der Waals surface area contributed by atoms with Crippen molar-refractivity contribution in [2.45, 2.75) is 129 Å². The van der Waals surface area contributed by atoms with E-state index in [1.165, 1.54) is 116 Å². The number of nitrogens with zero attached hydrogens (tertiary/aromatic N) is 4. The number of nitrogens with one attached hydrogen (secondary N) is 5. The van der Waals surface area contributed by atoms with Crippen LogP contribution < -0.4 is 73.8 Å². The normalized spacial score (nSPS) is 13.7. The van der Waals surface area contributed by atoms with Crippen LogP contribution in [0, 0.1) is 17.5 Å². The number of piperidine rings is 2. The largest absolute Gasteiger partial charge is 0.455 e. The molecular formula is C105H108Cl3F3N10OP2. The lowest BCUT2D eigenvalue weighted by Crippen LogP contribution is -2.49. The Morgan fingerprint density at radius 3 is 1.19 bits per heavy atom. The predicted molar refractivity (Wildman–Crippen MR) is 521 cm³/mol. The number of nitrogens with two attached hydrogens (primary N) is 1. The minimum atomic E-state index is -0.824. The van der Waals surface area contributed by atoms with Gasteiger partial charge in [0.1, 0.15) is 45.7 Å². The molecule has 2 fully saturated rings. The number of anilines is 3. The number of rotatable bonds is 16. The third-order valence-electron chi connectivity index (χ3n) is 21.4. The molecule has 0 saturated carbocycles. The lowest BCUT2D eigenvalue weighted by Gasteiger charge is -2.38. The summed E-state index contributed by atoms with van der Waals surface area (Å²) in [6.07, 6.45) is 4.81. The SMILES string of the molecule is CC(C)(C)NC1CCN(c2cc(NCc3ccc(F)cc3)nc3ccccc23)CC1.CC(C)(C)NC1CCNCC1.CC1(C)c2cccc(P(c3ccccc3)c3ccccc3)c2Oc2c(P(c3ccccc3)c3ccccc3)cccc21.Clc1cc(Cl)c2ccccc2n1.Fc1ccc(CNc2cc(Cl)c3ccccc3n2)cc1.NCc1ccc(F)cc1. The van der Waals surface area contributed by atoms with Crippen molar-refractivity contribution in [2.24, 2.45) is 5.73 Å². The molecule has 19 heteroatoms. The van der Waals surface area contributed by atoms with Gasteiger partial charge >= 0.3 is 0 Å². The zero-order valence-electron chi connectivity index (χ0n) is 71.5. The zero-order valence-corrected chi connectivity index (χ0v) is 75.5. The summed E-state index contributed by atoms with van der Waals surface area (Å²) in [6, 6.07) is 107. The van der Waals surface area contributed by atoms with Gasteiger partial charge in [0, 0.05) is 111 Å². The van der Waals surface area contributed by atoms with Crippen molar-refractivity contribution in [2.75, 3.05) is 41.7 Å². The molecule has 7 N–H and O–H groups in total. The van der Waals surface area contributed by atoms with Gasteiger partial charge < -0.3 is 42.0 Å². The van der Waals surface area contributed by atoms with Crippen molar-refractivity contribution in [3.05, 3.63) is 382 Å². The molecule has 15 aromatic rings. The monoisotopic (exact) mass is 1750 g/mol. The van der Waals surface area contributed by atoms with Gasteiger partial charge in [-0.25, -0.2) is 28.1 Å². The van der Waals surface area contributed by atoms with Gasteiger partial charge in [-0.1, -0.05) is 297 Å². The second kappa shape index (κ2) is 43.4. The Hall–Kier alpha value is -10.6. The fourth-order valence-electron chi connectivity index (χ4n) is 15.5.